The van der Waals surface area contributed by atoms with Crippen LogP contribution < -0.4 is 16.6 Å². The van der Waals surface area contributed by atoms with Crippen molar-refractivity contribution in [2.24, 2.45) is 14.1 Å². The maximum atomic E-state index is 12.6. The fraction of sp³-hybridized carbons (Fsp3) is 0.294. The van der Waals surface area contributed by atoms with E-state index in [1.807, 2.05) is 0 Å². The number of amides is 1. The Kier molecular flexibility index (Phi) is 5.12. The first kappa shape index (κ1) is 19.2. The number of imidazole rings is 1. The highest BCUT2D eigenvalue weighted by Crippen LogP contribution is 2.25. The monoisotopic (exact) mass is 409 g/mol. The van der Waals surface area contributed by atoms with Crippen LogP contribution in [0.3, 0.4) is 0 Å². The van der Waals surface area contributed by atoms with Crippen molar-refractivity contribution in [3.05, 3.63) is 61.0 Å². The van der Waals surface area contributed by atoms with Crippen LogP contribution in [-0.4, -0.2) is 24.6 Å². The van der Waals surface area contributed by atoms with Gasteiger partial charge in [-0.1, -0.05) is 29.3 Å². The Labute approximate surface area is 163 Å². The fourth-order valence-electron chi connectivity index (χ4n) is 2.83. The summed E-state index contributed by atoms with van der Waals surface area (Å²) < 4.78 is 3.65. The van der Waals surface area contributed by atoms with Crippen molar-refractivity contribution < 1.29 is 4.79 Å². The fourth-order valence-corrected chi connectivity index (χ4v) is 3.14. The molecule has 0 radical (unpaired) electrons. The molecule has 1 N–H and O–H groups in total. The summed E-state index contributed by atoms with van der Waals surface area (Å²) in [4.78, 5) is 41.6. The number of hydrogen-bond donors (Lipinski definition) is 1. The maximum absolute atomic E-state index is 12.6. The molecular formula is C17H17Cl2N5O3. The highest BCUT2D eigenvalue weighted by molar-refractivity contribution is 6.42. The molecule has 27 heavy (non-hydrogen) atoms. The Morgan fingerprint density at radius 1 is 1.22 bits per heavy atom. The standard InChI is InChI=1S/C17H17Cl2N5O3/c1-9(10-4-5-11(18)12(19)6-10)21-13(25)7-24-16(26)14-15(20-8-22(14)2)23(3)17(24)27/h4-6,8-9H,7H2,1-3H3,(H,21,25). The van der Waals surface area contributed by atoms with E-state index < -0.39 is 23.7 Å². The minimum Gasteiger partial charge on any atom is -0.348 e. The molecule has 3 aromatic rings. The van der Waals surface area contributed by atoms with Gasteiger partial charge in [0.05, 0.1) is 22.4 Å². The van der Waals surface area contributed by atoms with Crippen LogP contribution >= 0.6 is 23.2 Å². The molecule has 0 bridgehead atoms. The normalized spacial score (nSPS) is 12.3. The van der Waals surface area contributed by atoms with Gasteiger partial charge in [0.2, 0.25) is 5.91 Å². The molecule has 10 heteroatoms. The van der Waals surface area contributed by atoms with E-state index in [-0.39, 0.29) is 17.2 Å². The third-order valence-corrected chi connectivity index (χ3v) is 5.06. The van der Waals surface area contributed by atoms with Crippen LogP contribution in [0.25, 0.3) is 11.2 Å². The molecule has 3 rings (SSSR count). The average Bonchev–Trinajstić information content (AvgIpc) is 3.01. The minimum atomic E-state index is -0.608. The maximum Gasteiger partial charge on any atom is 0.332 e. The molecular weight excluding hydrogens is 393 g/mol. The lowest BCUT2D eigenvalue weighted by atomic mass is 10.1. The van der Waals surface area contributed by atoms with Gasteiger partial charge >= 0.3 is 5.69 Å². The Balaban J connectivity index is 1.88. The zero-order chi connectivity index (χ0) is 19.9. The van der Waals surface area contributed by atoms with Crippen molar-refractivity contribution in [3.63, 3.8) is 0 Å². The van der Waals surface area contributed by atoms with Gasteiger partial charge in [-0.15, -0.1) is 0 Å². The van der Waals surface area contributed by atoms with Crippen LogP contribution in [0.5, 0.6) is 0 Å². The highest BCUT2D eigenvalue weighted by Gasteiger charge is 2.18. The van der Waals surface area contributed by atoms with Crippen LogP contribution in [0.4, 0.5) is 0 Å². The summed E-state index contributed by atoms with van der Waals surface area (Å²) in [5.41, 5.74) is 0.102. The molecule has 0 saturated heterocycles. The van der Waals surface area contributed by atoms with Gasteiger partial charge in [0, 0.05) is 14.1 Å². The van der Waals surface area contributed by atoms with E-state index in [4.69, 9.17) is 23.2 Å². The molecule has 1 atom stereocenters. The lowest BCUT2D eigenvalue weighted by Gasteiger charge is -2.16. The summed E-state index contributed by atoms with van der Waals surface area (Å²) >= 11 is 11.9. The third-order valence-electron chi connectivity index (χ3n) is 4.32. The summed E-state index contributed by atoms with van der Waals surface area (Å²) in [5, 5.41) is 3.54. The van der Waals surface area contributed by atoms with Crippen molar-refractivity contribution in [1.29, 1.82) is 0 Å². The molecule has 1 unspecified atom stereocenters. The molecule has 2 heterocycles. The second-order valence-electron chi connectivity index (χ2n) is 6.22. The summed E-state index contributed by atoms with van der Waals surface area (Å²) in [5.74, 6) is -0.478. The third kappa shape index (κ3) is 3.50. The van der Waals surface area contributed by atoms with Crippen molar-refractivity contribution in [1.82, 2.24) is 24.0 Å². The van der Waals surface area contributed by atoms with Crippen LogP contribution in [0.15, 0.2) is 34.1 Å². The van der Waals surface area contributed by atoms with E-state index in [1.54, 1.807) is 32.2 Å². The highest BCUT2D eigenvalue weighted by atomic mass is 35.5. The quantitative estimate of drug-likeness (QED) is 0.708. The largest absolute Gasteiger partial charge is 0.348 e. The number of aromatic nitrogens is 4. The summed E-state index contributed by atoms with van der Waals surface area (Å²) in [6.07, 6.45) is 1.45. The molecule has 0 fully saturated rings. The predicted octanol–water partition coefficient (Wildman–Crippen LogP) is 1.62. The molecule has 142 valence electrons. The molecule has 0 aliphatic rings. The first-order valence-corrected chi connectivity index (χ1v) is 8.81. The van der Waals surface area contributed by atoms with Crippen LogP contribution in [-0.2, 0) is 25.4 Å². The molecule has 0 saturated carbocycles. The van der Waals surface area contributed by atoms with Gasteiger partial charge in [0.15, 0.2) is 11.2 Å². The van der Waals surface area contributed by atoms with Gasteiger partial charge in [-0.05, 0) is 24.6 Å². The van der Waals surface area contributed by atoms with Gasteiger partial charge in [-0.3, -0.25) is 14.2 Å². The number of rotatable bonds is 4. The molecule has 0 spiro atoms. The molecule has 1 aromatic carbocycles. The van der Waals surface area contributed by atoms with Gasteiger partial charge < -0.3 is 9.88 Å². The Morgan fingerprint density at radius 2 is 1.93 bits per heavy atom. The van der Waals surface area contributed by atoms with Gasteiger partial charge in [-0.25, -0.2) is 14.3 Å². The number of aryl methyl sites for hydroxylation is 2. The van der Waals surface area contributed by atoms with E-state index in [2.05, 4.69) is 10.3 Å². The molecule has 2 aromatic heterocycles. The average molecular weight is 410 g/mol. The smallest absolute Gasteiger partial charge is 0.332 e. The minimum absolute atomic E-state index is 0.252. The number of hydrogen-bond acceptors (Lipinski definition) is 4. The van der Waals surface area contributed by atoms with E-state index >= 15 is 0 Å². The second-order valence-corrected chi connectivity index (χ2v) is 7.04. The molecule has 8 nitrogen and oxygen atoms in total. The van der Waals surface area contributed by atoms with Crippen molar-refractivity contribution >= 4 is 40.3 Å². The van der Waals surface area contributed by atoms with E-state index in [9.17, 15) is 14.4 Å². The number of halogens is 2. The zero-order valence-electron chi connectivity index (χ0n) is 14.9. The van der Waals surface area contributed by atoms with E-state index in [1.165, 1.54) is 22.5 Å². The first-order chi connectivity index (χ1) is 12.7. The predicted molar refractivity (Wildman–Crippen MR) is 103 cm³/mol. The number of carbonyl (C=O) groups excluding carboxylic acids is 1. The lowest BCUT2D eigenvalue weighted by molar-refractivity contribution is -0.122. The van der Waals surface area contributed by atoms with Crippen LogP contribution in [0.1, 0.15) is 18.5 Å². The Bertz CT molecular complexity index is 1160. The van der Waals surface area contributed by atoms with Crippen LogP contribution in [0.2, 0.25) is 10.0 Å². The van der Waals surface area contributed by atoms with Crippen molar-refractivity contribution in [2.75, 3.05) is 0 Å². The topological polar surface area (TPSA) is 90.9 Å². The summed E-state index contributed by atoms with van der Waals surface area (Å²) in [6.45, 7) is 1.36. The van der Waals surface area contributed by atoms with Crippen molar-refractivity contribution in [3.8, 4) is 0 Å². The van der Waals surface area contributed by atoms with E-state index in [0.717, 1.165) is 10.1 Å². The summed E-state index contributed by atoms with van der Waals surface area (Å²) in [7, 11) is 3.15. The number of nitrogens with one attached hydrogen (secondary N) is 1. The number of carbonyl (C=O) groups is 1. The van der Waals surface area contributed by atoms with Crippen LogP contribution in [0, 0.1) is 0 Å². The van der Waals surface area contributed by atoms with Crippen molar-refractivity contribution in [2.45, 2.75) is 19.5 Å². The van der Waals surface area contributed by atoms with Gasteiger partial charge in [-0.2, -0.15) is 0 Å². The number of benzene rings is 1. The molecule has 1 amide bonds. The summed E-state index contributed by atoms with van der Waals surface area (Å²) in [6, 6.07) is 4.65. The molecule has 0 aliphatic carbocycles. The number of nitrogens with zero attached hydrogens (tertiary/aromatic N) is 4. The lowest BCUT2D eigenvalue weighted by Crippen LogP contribution is -2.43. The van der Waals surface area contributed by atoms with Gasteiger partial charge in [0.25, 0.3) is 5.56 Å². The Hall–Kier alpha value is -2.58. The second kappa shape index (κ2) is 7.21. The molecule has 0 aliphatic heterocycles. The Morgan fingerprint density at radius 3 is 2.59 bits per heavy atom. The van der Waals surface area contributed by atoms with Gasteiger partial charge in [0.1, 0.15) is 6.54 Å². The first-order valence-electron chi connectivity index (χ1n) is 8.06. The number of fused-ring (bicyclic) bond motifs is 1. The SMILES string of the molecule is CC(NC(=O)Cn1c(=O)c2c(ncn2C)n(C)c1=O)c1ccc(Cl)c(Cl)c1. The zero-order valence-corrected chi connectivity index (χ0v) is 16.4. The van der Waals surface area contributed by atoms with E-state index in [0.29, 0.717) is 10.0 Å².